The lowest BCUT2D eigenvalue weighted by atomic mass is 10.0. The first-order chi connectivity index (χ1) is 21.6. The fraction of sp³-hybridized carbons (Fsp3) is 0.290. The molecule has 236 valence electrons. The van der Waals surface area contributed by atoms with Gasteiger partial charge in [0.1, 0.15) is 18.1 Å². The number of H-pyrrole nitrogens is 2. The van der Waals surface area contributed by atoms with Crippen LogP contribution in [0.5, 0.6) is 0 Å². The van der Waals surface area contributed by atoms with E-state index in [2.05, 4.69) is 30.9 Å². The average Bonchev–Trinajstić information content (AvgIpc) is 3.69. The molecule has 0 saturated carbocycles. The average molecular weight is 618 g/mol. The molecule has 4 unspecified atom stereocenters. The second-order valence-electron chi connectivity index (χ2n) is 10.6. The Kier molecular flexibility index (Phi) is 11.0. The highest BCUT2D eigenvalue weighted by Crippen LogP contribution is 2.19. The van der Waals surface area contributed by atoms with Gasteiger partial charge in [-0.05, 0) is 23.6 Å². The fourth-order valence-electron chi connectivity index (χ4n) is 4.84. The van der Waals surface area contributed by atoms with Gasteiger partial charge in [0.25, 0.3) is 0 Å². The van der Waals surface area contributed by atoms with E-state index in [1.54, 1.807) is 36.5 Å². The van der Waals surface area contributed by atoms with Crippen LogP contribution in [0.25, 0.3) is 10.9 Å². The van der Waals surface area contributed by atoms with E-state index < -0.39 is 53.8 Å². The van der Waals surface area contributed by atoms with Crippen molar-refractivity contribution < 1.29 is 34.2 Å². The fourth-order valence-corrected chi connectivity index (χ4v) is 4.84. The lowest BCUT2D eigenvalue weighted by Gasteiger charge is -2.25. The zero-order valence-corrected chi connectivity index (χ0v) is 24.2. The number of nitrogens with two attached hydrogens (primary N) is 1. The largest absolute Gasteiger partial charge is 0.481 e. The van der Waals surface area contributed by atoms with Crippen LogP contribution >= 0.6 is 0 Å². The molecule has 14 nitrogen and oxygen atoms in total. The summed E-state index contributed by atoms with van der Waals surface area (Å²) in [5.74, 6) is -4.58. The van der Waals surface area contributed by atoms with Gasteiger partial charge in [-0.1, -0.05) is 48.5 Å². The third-order valence-corrected chi connectivity index (χ3v) is 7.25. The maximum absolute atomic E-state index is 13.6. The van der Waals surface area contributed by atoms with Gasteiger partial charge in [0.15, 0.2) is 0 Å². The predicted octanol–water partition coefficient (Wildman–Crippen LogP) is 0.650. The van der Waals surface area contributed by atoms with Crippen LogP contribution in [-0.4, -0.2) is 79.0 Å². The molecule has 4 atom stereocenters. The Labute approximate surface area is 257 Å². The molecule has 2 aromatic carbocycles. The number of imidazole rings is 1. The molecule has 0 spiro atoms. The van der Waals surface area contributed by atoms with Gasteiger partial charge in [0, 0.05) is 54.7 Å². The molecule has 0 aliphatic carbocycles. The van der Waals surface area contributed by atoms with E-state index in [0.717, 1.165) is 10.9 Å². The highest BCUT2D eigenvalue weighted by atomic mass is 16.4. The third-order valence-electron chi connectivity index (χ3n) is 7.25. The minimum Gasteiger partial charge on any atom is -0.481 e. The molecule has 2 heterocycles. The van der Waals surface area contributed by atoms with Crippen LogP contribution < -0.4 is 21.7 Å². The second-order valence-corrected chi connectivity index (χ2v) is 10.6. The number of carbonyl (C=O) groups is 5. The molecule has 9 N–H and O–H groups in total. The Hall–Kier alpha value is -5.50. The standard InChI is InChI=1S/C31H35N7O7/c32-22(10-11-27(39)40)28(41)36-25(14-20-16-33-17-35-20)30(43)37-24(12-18-6-2-1-3-7-18)29(42)38-26(31(44)45)13-19-15-34-23-9-5-4-8-21(19)23/h1-9,15-17,22,24-26,34H,10-14,32H2,(H,33,35)(H,36,41)(H,37,43)(H,38,42)(H,39,40)(H,44,45). The number of benzene rings is 2. The van der Waals surface area contributed by atoms with Gasteiger partial charge in [0.05, 0.1) is 12.4 Å². The van der Waals surface area contributed by atoms with Crippen LogP contribution in [0.15, 0.2) is 73.3 Å². The Bertz CT molecular complexity index is 1620. The first-order valence-corrected chi connectivity index (χ1v) is 14.3. The normalized spacial score (nSPS) is 13.7. The summed E-state index contributed by atoms with van der Waals surface area (Å²) in [6.45, 7) is 0. The van der Waals surface area contributed by atoms with Crippen molar-refractivity contribution in [1.29, 1.82) is 0 Å². The molecule has 0 aliphatic heterocycles. The number of hydrogen-bond donors (Lipinski definition) is 8. The number of rotatable bonds is 16. The maximum Gasteiger partial charge on any atom is 0.326 e. The molecule has 14 heteroatoms. The highest BCUT2D eigenvalue weighted by Gasteiger charge is 2.31. The number of carboxylic acid groups (broad SMARTS) is 2. The van der Waals surface area contributed by atoms with Crippen LogP contribution in [0.2, 0.25) is 0 Å². The van der Waals surface area contributed by atoms with Crippen LogP contribution in [0.1, 0.15) is 29.7 Å². The summed E-state index contributed by atoms with van der Waals surface area (Å²) >= 11 is 0. The number of nitrogens with one attached hydrogen (secondary N) is 5. The summed E-state index contributed by atoms with van der Waals surface area (Å²) in [5.41, 5.74) is 8.59. The summed E-state index contributed by atoms with van der Waals surface area (Å²) < 4.78 is 0. The second kappa shape index (κ2) is 15.3. The molecule has 0 aliphatic rings. The molecule has 0 fully saturated rings. The smallest absolute Gasteiger partial charge is 0.326 e. The van der Waals surface area contributed by atoms with Crippen molar-refractivity contribution in [2.24, 2.45) is 5.73 Å². The van der Waals surface area contributed by atoms with Crippen molar-refractivity contribution in [3.8, 4) is 0 Å². The van der Waals surface area contributed by atoms with Gasteiger partial charge in [-0.25, -0.2) is 9.78 Å². The number of aliphatic carboxylic acids is 2. The van der Waals surface area contributed by atoms with E-state index in [1.165, 1.54) is 12.5 Å². The Morgan fingerprint density at radius 2 is 1.42 bits per heavy atom. The van der Waals surface area contributed by atoms with Gasteiger partial charge < -0.3 is 41.9 Å². The molecule has 4 aromatic rings. The first-order valence-electron chi connectivity index (χ1n) is 14.3. The first kappa shape index (κ1) is 32.4. The van der Waals surface area contributed by atoms with E-state index in [0.29, 0.717) is 16.8 Å². The number of fused-ring (bicyclic) bond motifs is 1. The summed E-state index contributed by atoms with van der Waals surface area (Å²) in [6, 6.07) is 11.3. The minimum absolute atomic E-state index is 0.0101. The monoisotopic (exact) mass is 617 g/mol. The molecular weight excluding hydrogens is 582 g/mol. The molecule has 3 amide bonds. The minimum atomic E-state index is -1.31. The maximum atomic E-state index is 13.6. The molecule has 4 rings (SSSR count). The summed E-state index contributed by atoms with van der Waals surface area (Å²) in [7, 11) is 0. The van der Waals surface area contributed by atoms with Crippen molar-refractivity contribution in [3.63, 3.8) is 0 Å². The van der Waals surface area contributed by atoms with Crippen molar-refractivity contribution in [1.82, 2.24) is 30.9 Å². The molecular formula is C31H35N7O7. The van der Waals surface area contributed by atoms with Gasteiger partial charge >= 0.3 is 11.9 Å². The molecule has 45 heavy (non-hydrogen) atoms. The number of aromatic nitrogens is 3. The zero-order valence-electron chi connectivity index (χ0n) is 24.2. The molecule has 2 aromatic heterocycles. The van der Waals surface area contributed by atoms with Gasteiger partial charge in [0.2, 0.25) is 17.7 Å². The Balaban J connectivity index is 1.53. The van der Waals surface area contributed by atoms with Gasteiger partial charge in [-0.15, -0.1) is 0 Å². The quantitative estimate of drug-likeness (QED) is 0.0880. The topological polar surface area (TPSA) is 232 Å². The van der Waals surface area contributed by atoms with Gasteiger partial charge in [-0.2, -0.15) is 0 Å². The summed E-state index contributed by atoms with van der Waals surface area (Å²) in [5, 5.41) is 27.5. The van der Waals surface area contributed by atoms with E-state index in [-0.39, 0.29) is 32.1 Å². The number of para-hydroxylation sites is 1. The number of aromatic amines is 2. The van der Waals surface area contributed by atoms with Crippen molar-refractivity contribution >= 4 is 40.6 Å². The van der Waals surface area contributed by atoms with E-state index >= 15 is 0 Å². The lowest BCUT2D eigenvalue weighted by molar-refractivity contribution is -0.142. The highest BCUT2D eigenvalue weighted by molar-refractivity contribution is 5.94. The summed E-state index contributed by atoms with van der Waals surface area (Å²) in [4.78, 5) is 73.1. The predicted molar refractivity (Wildman–Crippen MR) is 163 cm³/mol. The van der Waals surface area contributed by atoms with Gasteiger partial charge in [-0.3, -0.25) is 19.2 Å². The summed E-state index contributed by atoms with van der Waals surface area (Å²) in [6.07, 6.45) is 4.05. The van der Waals surface area contributed by atoms with Crippen LogP contribution in [0.3, 0.4) is 0 Å². The van der Waals surface area contributed by atoms with E-state index in [1.807, 2.05) is 24.3 Å². The van der Waals surface area contributed by atoms with Crippen LogP contribution in [-0.2, 0) is 43.2 Å². The number of hydrogen-bond acceptors (Lipinski definition) is 7. The Morgan fingerprint density at radius 1 is 0.778 bits per heavy atom. The molecule has 0 bridgehead atoms. The number of carboxylic acids is 2. The number of amides is 3. The van der Waals surface area contributed by atoms with E-state index in [9.17, 15) is 29.1 Å². The zero-order chi connectivity index (χ0) is 32.3. The number of carbonyl (C=O) groups excluding carboxylic acids is 3. The molecule has 0 saturated heterocycles. The number of nitrogens with zero attached hydrogens (tertiary/aromatic N) is 1. The van der Waals surface area contributed by atoms with E-state index in [4.69, 9.17) is 10.8 Å². The SMILES string of the molecule is NC(CCC(=O)O)C(=O)NC(Cc1cnc[nH]1)C(=O)NC(Cc1ccccc1)C(=O)NC(Cc1c[nH]c2ccccc12)C(=O)O. The van der Waals surface area contributed by atoms with Crippen molar-refractivity contribution in [2.75, 3.05) is 0 Å². The third kappa shape index (κ3) is 9.24. The van der Waals surface area contributed by atoms with Crippen molar-refractivity contribution in [3.05, 3.63) is 90.1 Å². The van der Waals surface area contributed by atoms with Crippen LogP contribution in [0.4, 0.5) is 0 Å². The lowest BCUT2D eigenvalue weighted by Crippen LogP contribution is -2.58. The molecule has 0 radical (unpaired) electrons. The Morgan fingerprint density at radius 3 is 2.09 bits per heavy atom. The van der Waals surface area contributed by atoms with Crippen molar-refractivity contribution in [2.45, 2.75) is 56.3 Å². The van der Waals surface area contributed by atoms with Crippen LogP contribution in [0, 0.1) is 0 Å².